The number of benzene rings is 1. The summed E-state index contributed by atoms with van der Waals surface area (Å²) >= 11 is 3.46. The lowest BCUT2D eigenvalue weighted by atomic mass is 9.83. The number of ether oxygens (including phenoxy) is 1. The highest BCUT2D eigenvalue weighted by atomic mass is 32.2. The molecule has 15 heteroatoms. The topological polar surface area (TPSA) is 180 Å². The summed E-state index contributed by atoms with van der Waals surface area (Å²) < 4.78 is 4.99. The Hall–Kier alpha value is -3.59. The molecule has 4 atom stereocenters. The first-order valence-corrected chi connectivity index (χ1v) is 20.8. The molecule has 1 aromatic rings. The van der Waals surface area contributed by atoms with Crippen LogP contribution in [-0.2, 0) is 33.5 Å². The highest BCUT2D eigenvalue weighted by molar-refractivity contribution is 8.18. The monoisotopic (exact) mass is 773 g/mol. The molecule has 1 saturated carbocycles. The normalized spacial score (nSPS) is 20.2. The van der Waals surface area contributed by atoms with Crippen LogP contribution in [0.15, 0.2) is 30.3 Å². The van der Waals surface area contributed by atoms with Gasteiger partial charge in [-0.25, -0.2) is 4.79 Å². The van der Waals surface area contributed by atoms with Crippen molar-refractivity contribution in [3.8, 4) is 0 Å². The third-order valence-corrected chi connectivity index (χ3v) is 13.1. The third kappa shape index (κ3) is 12.0. The molecular formula is C38H55N5O8S2. The molecule has 2 saturated heterocycles. The molecule has 4 rings (SSSR count). The Morgan fingerprint density at radius 2 is 1.60 bits per heavy atom. The molecule has 3 aliphatic rings. The molecule has 13 nitrogen and oxygen atoms in total. The molecule has 1 aliphatic carbocycles. The number of hydrogen-bond acceptors (Lipinski definition) is 10. The van der Waals surface area contributed by atoms with E-state index in [2.05, 4.69) is 21.3 Å². The number of rotatable bonds is 16. The van der Waals surface area contributed by atoms with Crippen molar-refractivity contribution in [2.24, 2.45) is 11.8 Å². The second kappa shape index (κ2) is 20.2. The zero-order chi connectivity index (χ0) is 38.5. The fourth-order valence-corrected chi connectivity index (χ4v) is 10.4. The molecule has 1 spiro atoms. The quantitative estimate of drug-likeness (QED) is 0.180. The molecule has 292 valence electrons. The molecule has 0 radical (unpaired) electrons. The number of likely N-dealkylation sites (tertiary alicyclic amines) is 1. The Labute approximate surface area is 321 Å². The lowest BCUT2D eigenvalue weighted by molar-refractivity contribution is -0.143. The molecule has 53 heavy (non-hydrogen) atoms. The SMILES string of the molecule is CCCC(NC(=O)[C@@H]1CC2(CN1C(=O)[C@@H](NC(=O)OCC(C)C)C1CCCCC1)SCCCS2)C(=O)C(=O)NCC(=O)N[C@H](C(C)=O)c1ccccc1. The summed E-state index contributed by atoms with van der Waals surface area (Å²) in [6.45, 7) is 6.98. The van der Waals surface area contributed by atoms with Gasteiger partial charge in [-0.05, 0) is 61.5 Å². The molecule has 1 aromatic carbocycles. The van der Waals surface area contributed by atoms with Gasteiger partial charge in [-0.15, -0.1) is 23.5 Å². The second-order valence-electron chi connectivity index (χ2n) is 14.6. The first kappa shape index (κ1) is 42.2. The van der Waals surface area contributed by atoms with E-state index >= 15 is 0 Å². The van der Waals surface area contributed by atoms with Crippen molar-refractivity contribution in [3.63, 3.8) is 0 Å². The van der Waals surface area contributed by atoms with Crippen LogP contribution in [0.25, 0.3) is 0 Å². The molecule has 0 bridgehead atoms. The number of carbonyl (C=O) groups excluding carboxylic acids is 7. The van der Waals surface area contributed by atoms with Crippen LogP contribution >= 0.6 is 23.5 Å². The van der Waals surface area contributed by atoms with E-state index in [0.717, 1.165) is 50.0 Å². The van der Waals surface area contributed by atoms with Crippen molar-refractivity contribution in [2.75, 3.05) is 31.2 Å². The molecular weight excluding hydrogens is 719 g/mol. The van der Waals surface area contributed by atoms with Crippen LogP contribution in [-0.4, -0.2) is 99.6 Å². The molecule has 0 aromatic heterocycles. The lowest BCUT2D eigenvalue weighted by Crippen LogP contribution is -2.58. The van der Waals surface area contributed by atoms with Gasteiger partial charge in [0.15, 0.2) is 5.78 Å². The fourth-order valence-electron chi connectivity index (χ4n) is 7.08. The molecule has 2 heterocycles. The number of carbonyl (C=O) groups is 7. The van der Waals surface area contributed by atoms with Crippen LogP contribution in [0.2, 0.25) is 0 Å². The Balaban J connectivity index is 1.47. The standard InChI is InChI=1S/C38H55N5O8S2/c1-5-13-28(33(46)35(48)39-21-30(45)41-31(25(4)44)26-14-8-6-9-15-26)40-34(47)29-20-38(52-18-12-19-53-38)23-43(29)36(49)32(27-16-10-7-11-17-27)42-37(50)51-22-24(2)3/h6,8-9,14-15,24,27-29,31-32H,5,7,10-13,16-23H2,1-4H3,(H,39,48)(H,40,47)(H,41,45)(H,42,50)/t28?,29-,31+,32-/m0/s1. The minimum atomic E-state index is -1.19. The third-order valence-electron chi connectivity index (χ3n) is 9.79. The maximum atomic E-state index is 14.5. The Bertz CT molecular complexity index is 1470. The molecule has 4 N–H and O–H groups in total. The van der Waals surface area contributed by atoms with Crippen LogP contribution in [0.1, 0.15) is 97.1 Å². The largest absolute Gasteiger partial charge is 0.449 e. The van der Waals surface area contributed by atoms with Crippen molar-refractivity contribution < 1.29 is 38.3 Å². The number of alkyl carbamates (subject to hydrolysis) is 1. The highest BCUT2D eigenvalue weighted by Gasteiger charge is 2.52. The van der Waals surface area contributed by atoms with Gasteiger partial charge < -0.3 is 30.9 Å². The van der Waals surface area contributed by atoms with E-state index in [1.54, 1.807) is 58.8 Å². The lowest BCUT2D eigenvalue weighted by Gasteiger charge is -2.35. The van der Waals surface area contributed by atoms with Gasteiger partial charge >= 0.3 is 6.09 Å². The van der Waals surface area contributed by atoms with Gasteiger partial charge in [-0.2, -0.15) is 0 Å². The fraction of sp³-hybridized carbons (Fsp3) is 0.658. The summed E-state index contributed by atoms with van der Waals surface area (Å²) in [5.74, 6) is -2.02. The van der Waals surface area contributed by atoms with Crippen LogP contribution < -0.4 is 21.3 Å². The summed E-state index contributed by atoms with van der Waals surface area (Å²) in [5, 5.41) is 10.6. The van der Waals surface area contributed by atoms with Crippen LogP contribution in [0, 0.1) is 11.8 Å². The highest BCUT2D eigenvalue weighted by Crippen LogP contribution is 2.50. The van der Waals surface area contributed by atoms with Crippen molar-refractivity contribution in [1.82, 2.24) is 26.2 Å². The van der Waals surface area contributed by atoms with E-state index in [1.807, 2.05) is 20.8 Å². The van der Waals surface area contributed by atoms with Crippen molar-refractivity contribution in [1.29, 1.82) is 0 Å². The van der Waals surface area contributed by atoms with Crippen LogP contribution in [0.4, 0.5) is 4.79 Å². The number of ketones is 2. The number of thioether (sulfide) groups is 2. The van der Waals surface area contributed by atoms with Gasteiger partial charge in [0.1, 0.15) is 18.1 Å². The number of amides is 5. The number of hydrogen-bond donors (Lipinski definition) is 4. The Morgan fingerprint density at radius 1 is 0.925 bits per heavy atom. The maximum absolute atomic E-state index is 14.5. The predicted molar refractivity (Wildman–Crippen MR) is 205 cm³/mol. The molecule has 1 unspecified atom stereocenters. The van der Waals surface area contributed by atoms with Gasteiger partial charge in [0, 0.05) is 13.0 Å². The zero-order valence-electron chi connectivity index (χ0n) is 31.3. The smallest absolute Gasteiger partial charge is 0.407 e. The number of Topliss-reactive ketones (excluding diaryl/α,β-unsaturated/α-hetero) is 2. The molecule has 2 aliphatic heterocycles. The van der Waals surface area contributed by atoms with E-state index in [1.165, 1.54) is 6.92 Å². The summed E-state index contributed by atoms with van der Waals surface area (Å²) in [5.41, 5.74) is 0.583. The van der Waals surface area contributed by atoms with E-state index in [9.17, 15) is 33.6 Å². The van der Waals surface area contributed by atoms with Crippen LogP contribution in [0.5, 0.6) is 0 Å². The van der Waals surface area contributed by atoms with E-state index in [0.29, 0.717) is 24.9 Å². The van der Waals surface area contributed by atoms with E-state index in [-0.39, 0.29) is 36.6 Å². The average Bonchev–Trinajstić information content (AvgIpc) is 3.52. The van der Waals surface area contributed by atoms with Gasteiger partial charge in [0.2, 0.25) is 23.5 Å². The second-order valence-corrected chi connectivity index (χ2v) is 17.8. The van der Waals surface area contributed by atoms with Gasteiger partial charge in [0.25, 0.3) is 5.91 Å². The predicted octanol–water partition coefficient (Wildman–Crippen LogP) is 3.90. The van der Waals surface area contributed by atoms with E-state index in [4.69, 9.17) is 4.74 Å². The first-order chi connectivity index (χ1) is 25.3. The zero-order valence-corrected chi connectivity index (χ0v) is 32.9. The van der Waals surface area contributed by atoms with Gasteiger partial charge in [-0.3, -0.25) is 28.8 Å². The summed E-state index contributed by atoms with van der Waals surface area (Å²) in [4.78, 5) is 94.6. The maximum Gasteiger partial charge on any atom is 0.407 e. The van der Waals surface area contributed by atoms with Crippen molar-refractivity contribution in [3.05, 3.63) is 35.9 Å². The number of nitrogens with zero attached hydrogens (tertiary/aromatic N) is 1. The summed E-state index contributed by atoms with van der Waals surface area (Å²) in [6, 6.07) is 4.77. The van der Waals surface area contributed by atoms with Gasteiger partial charge in [-0.1, -0.05) is 76.8 Å². The minimum Gasteiger partial charge on any atom is -0.449 e. The van der Waals surface area contributed by atoms with Gasteiger partial charge in [0.05, 0.1) is 23.3 Å². The van der Waals surface area contributed by atoms with Crippen molar-refractivity contribution >= 4 is 64.8 Å². The van der Waals surface area contributed by atoms with E-state index < -0.39 is 64.4 Å². The van der Waals surface area contributed by atoms with Crippen molar-refractivity contribution in [2.45, 2.75) is 114 Å². The Kier molecular flexibility index (Phi) is 16.1. The molecule has 3 fully saturated rings. The Morgan fingerprint density at radius 3 is 2.23 bits per heavy atom. The van der Waals surface area contributed by atoms with Crippen LogP contribution in [0.3, 0.4) is 0 Å². The number of nitrogens with one attached hydrogen (secondary N) is 4. The molecule has 5 amide bonds. The minimum absolute atomic E-state index is 0.108. The first-order valence-electron chi connectivity index (χ1n) is 18.8. The summed E-state index contributed by atoms with van der Waals surface area (Å²) in [6.07, 6.45) is 5.79. The summed E-state index contributed by atoms with van der Waals surface area (Å²) in [7, 11) is 0. The average molecular weight is 774 g/mol.